The van der Waals surface area contributed by atoms with Crippen molar-refractivity contribution in [1.82, 2.24) is 5.01 Å². The van der Waals surface area contributed by atoms with Gasteiger partial charge in [0.25, 0.3) is 5.91 Å². The summed E-state index contributed by atoms with van der Waals surface area (Å²) in [6.07, 6.45) is 4.12. The molecule has 0 N–H and O–H groups in total. The van der Waals surface area contributed by atoms with Gasteiger partial charge in [0.05, 0.1) is 12.5 Å². The Morgan fingerprint density at radius 1 is 1.06 bits per heavy atom. The van der Waals surface area contributed by atoms with E-state index in [0.29, 0.717) is 41.6 Å². The average Bonchev–Trinajstić information content (AvgIpc) is 3.61. The number of benzene rings is 1. The minimum Gasteiger partial charge on any atom is -0.467 e. The molecule has 9 heteroatoms. The van der Waals surface area contributed by atoms with E-state index >= 15 is 0 Å². The average molecular weight is 436 g/mol. The van der Waals surface area contributed by atoms with Crippen molar-refractivity contribution in [1.29, 1.82) is 0 Å². The first-order chi connectivity index (χ1) is 15.7. The Hall–Kier alpha value is -4.01. The molecule has 2 aliphatic heterocycles. The van der Waals surface area contributed by atoms with Crippen LogP contribution in [-0.4, -0.2) is 36.0 Å². The van der Waals surface area contributed by atoms with Gasteiger partial charge in [0, 0.05) is 12.8 Å². The number of carbonyl (C=O) groups is 2. The minimum absolute atomic E-state index is 0.134. The van der Waals surface area contributed by atoms with Gasteiger partial charge in [0.2, 0.25) is 6.79 Å². The molecule has 4 heterocycles. The van der Waals surface area contributed by atoms with Crippen molar-refractivity contribution in [2.75, 3.05) is 13.4 Å². The second-order valence-corrected chi connectivity index (χ2v) is 7.35. The highest BCUT2D eigenvalue weighted by Crippen LogP contribution is 2.34. The molecule has 9 nitrogen and oxygen atoms in total. The Balaban J connectivity index is 1.19. The second kappa shape index (κ2) is 8.62. The van der Waals surface area contributed by atoms with E-state index in [1.165, 1.54) is 5.01 Å². The highest BCUT2D eigenvalue weighted by molar-refractivity contribution is 6.01. The van der Waals surface area contributed by atoms with Crippen molar-refractivity contribution in [3.8, 4) is 11.5 Å². The van der Waals surface area contributed by atoms with E-state index in [1.54, 1.807) is 36.8 Å². The van der Waals surface area contributed by atoms with Crippen LogP contribution in [0.5, 0.6) is 11.5 Å². The molecule has 3 aromatic rings. The number of hydrazone groups is 1. The van der Waals surface area contributed by atoms with Crippen molar-refractivity contribution in [2.24, 2.45) is 5.10 Å². The Labute approximate surface area is 183 Å². The third-order valence-electron chi connectivity index (χ3n) is 5.25. The molecular weight excluding hydrogens is 416 g/mol. The van der Waals surface area contributed by atoms with Gasteiger partial charge in [-0.25, -0.2) is 5.01 Å². The van der Waals surface area contributed by atoms with Crippen molar-refractivity contribution >= 4 is 17.6 Å². The number of hydrogen-bond acceptors (Lipinski definition) is 8. The molecule has 1 atom stereocenters. The molecule has 0 saturated carbocycles. The first-order valence-corrected chi connectivity index (χ1v) is 10.2. The Morgan fingerprint density at radius 3 is 2.72 bits per heavy atom. The fourth-order valence-electron chi connectivity index (χ4n) is 3.66. The van der Waals surface area contributed by atoms with Crippen molar-refractivity contribution in [2.45, 2.75) is 25.3 Å². The third-order valence-corrected chi connectivity index (χ3v) is 5.25. The normalized spacial score (nSPS) is 16.8. The van der Waals surface area contributed by atoms with Crippen LogP contribution in [0, 0.1) is 0 Å². The Morgan fingerprint density at radius 2 is 1.91 bits per heavy atom. The molecule has 2 aromatic heterocycles. The number of fused-ring (bicyclic) bond motifs is 1. The maximum Gasteiger partial charge on any atom is 0.306 e. The van der Waals surface area contributed by atoms with E-state index in [-0.39, 0.29) is 13.2 Å². The summed E-state index contributed by atoms with van der Waals surface area (Å²) in [6.45, 7) is -0.214. The first kappa shape index (κ1) is 19.9. The molecule has 0 radical (unpaired) electrons. The number of ether oxygens (including phenoxy) is 3. The quantitative estimate of drug-likeness (QED) is 0.523. The molecule has 164 valence electrons. The molecular formula is C23H20N2O7. The van der Waals surface area contributed by atoms with Gasteiger partial charge in [-0.3, -0.25) is 9.59 Å². The molecule has 0 spiro atoms. The van der Waals surface area contributed by atoms with Crippen LogP contribution in [0.4, 0.5) is 0 Å². The maximum atomic E-state index is 12.8. The maximum absolute atomic E-state index is 12.8. The number of furan rings is 2. The van der Waals surface area contributed by atoms with Crippen LogP contribution >= 0.6 is 0 Å². The van der Waals surface area contributed by atoms with E-state index in [2.05, 4.69) is 5.10 Å². The van der Waals surface area contributed by atoms with E-state index in [1.807, 2.05) is 18.2 Å². The molecule has 32 heavy (non-hydrogen) atoms. The van der Waals surface area contributed by atoms with Gasteiger partial charge in [-0.1, -0.05) is 6.07 Å². The van der Waals surface area contributed by atoms with Crippen LogP contribution in [-0.2, 0) is 20.7 Å². The minimum atomic E-state index is -0.472. The topological polar surface area (TPSA) is 104 Å². The lowest BCUT2D eigenvalue weighted by Gasteiger charge is -2.19. The molecule has 1 aromatic carbocycles. The van der Waals surface area contributed by atoms with Crippen molar-refractivity contribution < 1.29 is 32.6 Å². The van der Waals surface area contributed by atoms with Crippen LogP contribution in [0.2, 0.25) is 0 Å². The zero-order valence-corrected chi connectivity index (χ0v) is 17.1. The van der Waals surface area contributed by atoms with Crippen LogP contribution in [0.15, 0.2) is 68.9 Å². The fourth-order valence-corrected chi connectivity index (χ4v) is 3.66. The van der Waals surface area contributed by atoms with Gasteiger partial charge in [-0.15, -0.1) is 0 Å². The van der Waals surface area contributed by atoms with Gasteiger partial charge < -0.3 is 23.0 Å². The summed E-state index contributed by atoms with van der Waals surface area (Å²) < 4.78 is 26.7. The number of nitrogens with zero attached hydrogens (tertiary/aromatic N) is 2. The number of amides is 1. The monoisotopic (exact) mass is 436 g/mol. The van der Waals surface area contributed by atoms with Crippen molar-refractivity contribution in [3.63, 3.8) is 0 Å². The number of carbonyl (C=O) groups excluding carboxylic acids is 2. The molecule has 0 saturated heterocycles. The SMILES string of the molecule is O=C(CCc1ccc2c(c1)OCO2)OCC(=O)N1N=C(c2ccco2)CC1c1ccco1. The molecule has 1 amide bonds. The molecule has 1 unspecified atom stereocenters. The van der Waals surface area contributed by atoms with Crippen LogP contribution in [0.3, 0.4) is 0 Å². The number of rotatable bonds is 7. The largest absolute Gasteiger partial charge is 0.467 e. The van der Waals surface area contributed by atoms with Gasteiger partial charge in [0.1, 0.15) is 23.3 Å². The third kappa shape index (κ3) is 4.09. The Bertz CT molecular complexity index is 1140. The predicted molar refractivity (Wildman–Crippen MR) is 110 cm³/mol. The molecule has 0 fully saturated rings. The predicted octanol–water partition coefficient (Wildman–Crippen LogP) is 3.46. The van der Waals surface area contributed by atoms with Gasteiger partial charge in [-0.05, 0) is 48.4 Å². The van der Waals surface area contributed by atoms with Gasteiger partial charge in [-0.2, -0.15) is 5.10 Å². The summed E-state index contributed by atoms with van der Waals surface area (Å²) in [5, 5.41) is 5.70. The van der Waals surface area contributed by atoms with E-state index in [0.717, 1.165) is 5.56 Å². The lowest BCUT2D eigenvalue weighted by molar-refractivity contribution is -0.152. The zero-order valence-electron chi connectivity index (χ0n) is 17.1. The fraction of sp³-hybridized carbons (Fsp3) is 0.261. The van der Waals surface area contributed by atoms with E-state index < -0.39 is 24.5 Å². The molecule has 0 aliphatic carbocycles. The molecule has 2 aliphatic rings. The summed E-state index contributed by atoms with van der Waals surface area (Å²) in [4.78, 5) is 25.0. The number of esters is 1. The summed E-state index contributed by atoms with van der Waals surface area (Å²) in [5.74, 6) is 1.61. The van der Waals surface area contributed by atoms with Crippen LogP contribution in [0.1, 0.15) is 36.0 Å². The molecule has 5 rings (SSSR count). The smallest absolute Gasteiger partial charge is 0.306 e. The highest BCUT2D eigenvalue weighted by Gasteiger charge is 2.36. The summed E-state index contributed by atoms with van der Waals surface area (Å²) in [5.41, 5.74) is 1.54. The number of aryl methyl sites for hydroxylation is 1. The van der Waals surface area contributed by atoms with Gasteiger partial charge in [0.15, 0.2) is 18.1 Å². The summed E-state index contributed by atoms with van der Waals surface area (Å²) in [7, 11) is 0. The van der Waals surface area contributed by atoms with E-state index in [4.69, 9.17) is 23.0 Å². The lowest BCUT2D eigenvalue weighted by atomic mass is 10.1. The highest BCUT2D eigenvalue weighted by atomic mass is 16.7. The standard InChI is InChI=1S/C23H20N2O7/c26-22(13-30-23(27)8-6-15-5-7-20-21(11-15)32-14-31-20)25-17(19-4-2-10-29-19)12-16(24-25)18-3-1-9-28-18/h1-5,7,9-11,17H,6,8,12-14H2. The van der Waals surface area contributed by atoms with Crippen molar-refractivity contribution in [3.05, 3.63) is 72.1 Å². The summed E-state index contributed by atoms with van der Waals surface area (Å²) >= 11 is 0. The first-order valence-electron chi connectivity index (χ1n) is 10.2. The Kier molecular flexibility index (Phi) is 5.37. The zero-order chi connectivity index (χ0) is 21.9. The molecule has 0 bridgehead atoms. The number of hydrogen-bond donors (Lipinski definition) is 0. The summed E-state index contributed by atoms with van der Waals surface area (Å²) in [6, 6.07) is 12.2. The lowest BCUT2D eigenvalue weighted by Crippen LogP contribution is -2.31. The second-order valence-electron chi connectivity index (χ2n) is 7.35. The van der Waals surface area contributed by atoms with Gasteiger partial charge >= 0.3 is 5.97 Å². The van der Waals surface area contributed by atoms with Crippen LogP contribution in [0.25, 0.3) is 0 Å². The van der Waals surface area contributed by atoms with E-state index in [9.17, 15) is 9.59 Å². The van der Waals surface area contributed by atoms with Crippen LogP contribution < -0.4 is 9.47 Å².